The molecule has 0 saturated carbocycles. The highest BCUT2D eigenvalue weighted by molar-refractivity contribution is 5.84. The highest BCUT2D eigenvalue weighted by Gasteiger charge is 2.12. The van der Waals surface area contributed by atoms with Crippen molar-refractivity contribution in [3.8, 4) is 11.8 Å². The van der Waals surface area contributed by atoms with E-state index in [9.17, 15) is 0 Å². The van der Waals surface area contributed by atoms with Gasteiger partial charge in [-0.05, 0) is 29.8 Å². The Morgan fingerprint density at radius 1 is 1.29 bits per heavy atom. The minimum absolute atomic E-state index is 0.428. The monoisotopic (exact) mass is 278 g/mol. The smallest absolute Gasteiger partial charge is 0.201 e. The van der Waals surface area contributed by atoms with Crippen molar-refractivity contribution in [1.29, 1.82) is 5.26 Å². The Bertz CT molecular complexity index is 845. The molecule has 0 saturated heterocycles. The fourth-order valence-corrected chi connectivity index (χ4v) is 2.39. The number of para-hydroxylation sites is 1. The molecule has 0 aliphatic rings. The van der Waals surface area contributed by atoms with E-state index in [0.717, 1.165) is 16.6 Å². The lowest BCUT2D eigenvalue weighted by Crippen LogP contribution is -2.04. The first-order chi connectivity index (χ1) is 10.2. The van der Waals surface area contributed by atoms with Gasteiger partial charge in [-0.2, -0.15) is 5.26 Å². The average Bonchev–Trinajstić information content (AvgIpc) is 2.83. The van der Waals surface area contributed by atoms with E-state index in [0.29, 0.717) is 23.8 Å². The topological polar surface area (TPSA) is 76.9 Å². The van der Waals surface area contributed by atoms with Crippen LogP contribution in [0.1, 0.15) is 11.1 Å². The summed E-state index contributed by atoms with van der Waals surface area (Å²) in [7, 11) is 1.61. The number of hydrogen-bond acceptors (Lipinski definition) is 4. The van der Waals surface area contributed by atoms with E-state index < -0.39 is 0 Å². The van der Waals surface area contributed by atoms with Gasteiger partial charge in [0.15, 0.2) is 0 Å². The maximum atomic E-state index is 8.97. The van der Waals surface area contributed by atoms with Gasteiger partial charge in [0.25, 0.3) is 0 Å². The standard InChI is InChI=1S/C16H14N4O/c1-21-14-7-3-6-13-15(14)19-16(18)20(13)10-12-5-2-4-11(8-12)9-17/h2-8H,10H2,1H3,(H2,18,19). The van der Waals surface area contributed by atoms with Crippen LogP contribution in [0.3, 0.4) is 0 Å². The number of nitrogens with zero attached hydrogens (tertiary/aromatic N) is 3. The van der Waals surface area contributed by atoms with Gasteiger partial charge in [-0.1, -0.05) is 18.2 Å². The fraction of sp³-hybridized carbons (Fsp3) is 0.125. The first kappa shape index (κ1) is 13.0. The van der Waals surface area contributed by atoms with Crippen LogP contribution >= 0.6 is 0 Å². The summed E-state index contributed by atoms with van der Waals surface area (Å²) in [5, 5.41) is 8.97. The number of methoxy groups -OCH3 is 1. The molecule has 0 spiro atoms. The molecular formula is C16H14N4O. The number of fused-ring (bicyclic) bond motifs is 1. The van der Waals surface area contributed by atoms with E-state index in [1.165, 1.54) is 0 Å². The highest BCUT2D eigenvalue weighted by Crippen LogP contribution is 2.27. The number of nitrogens with two attached hydrogens (primary N) is 1. The first-order valence-corrected chi connectivity index (χ1v) is 6.50. The van der Waals surface area contributed by atoms with E-state index in [4.69, 9.17) is 15.7 Å². The molecule has 3 rings (SSSR count). The quantitative estimate of drug-likeness (QED) is 0.798. The van der Waals surface area contributed by atoms with Crippen molar-refractivity contribution in [1.82, 2.24) is 9.55 Å². The molecule has 0 unspecified atom stereocenters. The Hall–Kier alpha value is -3.00. The molecule has 3 aromatic rings. The molecule has 0 radical (unpaired) electrons. The molecule has 21 heavy (non-hydrogen) atoms. The van der Waals surface area contributed by atoms with Crippen molar-refractivity contribution in [2.24, 2.45) is 0 Å². The molecule has 0 aliphatic heterocycles. The second-order valence-corrected chi connectivity index (χ2v) is 4.70. The van der Waals surface area contributed by atoms with E-state index >= 15 is 0 Å². The summed E-state index contributed by atoms with van der Waals surface area (Å²) in [5.41, 5.74) is 9.32. The first-order valence-electron chi connectivity index (χ1n) is 6.50. The van der Waals surface area contributed by atoms with Crippen molar-refractivity contribution in [2.75, 3.05) is 12.8 Å². The van der Waals surface area contributed by atoms with Crippen molar-refractivity contribution in [3.05, 3.63) is 53.6 Å². The Balaban J connectivity index is 2.08. The number of aromatic nitrogens is 2. The molecule has 0 aliphatic carbocycles. The zero-order valence-corrected chi connectivity index (χ0v) is 11.6. The van der Waals surface area contributed by atoms with E-state index in [1.807, 2.05) is 41.0 Å². The van der Waals surface area contributed by atoms with Gasteiger partial charge in [-0.15, -0.1) is 0 Å². The molecule has 0 atom stereocenters. The van der Waals surface area contributed by atoms with E-state index in [1.54, 1.807) is 13.2 Å². The number of anilines is 1. The van der Waals surface area contributed by atoms with Crippen molar-refractivity contribution >= 4 is 17.0 Å². The molecular weight excluding hydrogens is 264 g/mol. The van der Waals surface area contributed by atoms with Crippen molar-refractivity contribution in [2.45, 2.75) is 6.54 Å². The number of nitrogen functional groups attached to an aromatic ring is 1. The second kappa shape index (κ2) is 5.17. The molecule has 2 N–H and O–H groups in total. The SMILES string of the molecule is COc1cccc2c1nc(N)n2Cc1cccc(C#N)c1. The van der Waals surface area contributed by atoms with Gasteiger partial charge in [0.05, 0.1) is 30.8 Å². The van der Waals surface area contributed by atoms with Gasteiger partial charge in [0.2, 0.25) is 5.95 Å². The van der Waals surface area contributed by atoms with Crippen LogP contribution < -0.4 is 10.5 Å². The lowest BCUT2D eigenvalue weighted by Gasteiger charge is -2.07. The molecule has 1 heterocycles. The third-order valence-corrected chi connectivity index (χ3v) is 3.39. The third-order valence-electron chi connectivity index (χ3n) is 3.39. The van der Waals surface area contributed by atoms with Gasteiger partial charge in [0.1, 0.15) is 11.3 Å². The van der Waals surface area contributed by atoms with Crippen LogP contribution in [0.2, 0.25) is 0 Å². The van der Waals surface area contributed by atoms with Crippen molar-refractivity contribution in [3.63, 3.8) is 0 Å². The predicted octanol–water partition coefficient (Wildman–Crippen LogP) is 2.55. The highest BCUT2D eigenvalue weighted by atomic mass is 16.5. The molecule has 5 heteroatoms. The number of rotatable bonds is 3. The summed E-state index contributed by atoms with van der Waals surface area (Å²) in [5.74, 6) is 1.13. The summed E-state index contributed by atoms with van der Waals surface area (Å²) in [6.45, 7) is 0.561. The van der Waals surface area contributed by atoms with Gasteiger partial charge in [-0.25, -0.2) is 4.98 Å². The fourth-order valence-electron chi connectivity index (χ4n) is 2.39. The number of benzene rings is 2. The Morgan fingerprint density at radius 2 is 2.10 bits per heavy atom. The van der Waals surface area contributed by atoms with Gasteiger partial charge < -0.3 is 15.0 Å². The zero-order chi connectivity index (χ0) is 14.8. The molecule has 0 bridgehead atoms. The largest absolute Gasteiger partial charge is 0.494 e. The molecule has 104 valence electrons. The molecule has 5 nitrogen and oxygen atoms in total. The third kappa shape index (κ3) is 2.28. The van der Waals surface area contributed by atoms with Crippen LogP contribution in [-0.4, -0.2) is 16.7 Å². The number of imidazole rings is 1. The van der Waals surface area contributed by atoms with Crippen LogP contribution in [0.4, 0.5) is 5.95 Å². The van der Waals surface area contributed by atoms with E-state index in [-0.39, 0.29) is 0 Å². The number of nitriles is 1. The zero-order valence-electron chi connectivity index (χ0n) is 11.6. The molecule has 0 amide bonds. The average molecular weight is 278 g/mol. The van der Waals surface area contributed by atoms with E-state index in [2.05, 4.69) is 11.1 Å². The number of hydrogen-bond donors (Lipinski definition) is 1. The van der Waals surface area contributed by atoms with Crippen LogP contribution in [0.25, 0.3) is 11.0 Å². The van der Waals surface area contributed by atoms with Gasteiger partial charge >= 0.3 is 0 Å². The van der Waals surface area contributed by atoms with Crippen LogP contribution in [-0.2, 0) is 6.54 Å². The van der Waals surface area contributed by atoms with Gasteiger partial charge in [-0.3, -0.25) is 0 Å². The second-order valence-electron chi connectivity index (χ2n) is 4.70. The minimum atomic E-state index is 0.428. The maximum absolute atomic E-state index is 8.97. The van der Waals surface area contributed by atoms with Crippen LogP contribution in [0.15, 0.2) is 42.5 Å². The minimum Gasteiger partial charge on any atom is -0.494 e. The van der Waals surface area contributed by atoms with Gasteiger partial charge in [0, 0.05) is 0 Å². The summed E-state index contributed by atoms with van der Waals surface area (Å²) in [6.07, 6.45) is 0. The maximum Gasteiger partial charge on any atom is 0.201 e. The lowest BCUT2D eigenvalue weighted by atomic mass is 10.1. The molecule has 1 aromatic heterocycles. The lowest BCUT2D eigenvalue weighted by molar-refractivity contribution is 0.419. The Morgan fingerprint density at radius 3 is 2.86 bits per heavy atom. The Kier molecular flexibility index (Phi) is 3.20. The van der Waals surface area contributed by atoms with Crippen LogP contribution in [0, 0.1) is 11.3 Å². The predicted molar refractivity (Wildman–Crippen MR) is 81.0 cm³/mol. The molecule has 2 aromatic carbocycles. The summed E-state index contributed by atoms with van der Waals surface area (Å²) in [4.78, 5) is 4.37. The summed E-state index contributed by atoms with van der Waals surface area (Å²) < 4.78 is 7.22. The molecule has 0 fully saturated rings. The van der Waals surface area contributed by atoms with Crippen molar-refractivity contribution < 1.29 is 4.74 Å². The van der Waals surface area contributed by atoms with Crippen LogP contribution in [0.5, 0.6) is 5.75 Å². The summed E-state index contributed by atoms with van der Waals surface area (Å²) in [6, 6.07) is 15.3. The summed E-state index contributed by atoms with van der Waals surface area (Å²) >= 11 is 0. The number of ether oxygens (including phenoxy) is 1. The Labute approximate surface area is 122 Å². The normalized spacial score (nSPS) is 10.5.